The molecule has 2 heteroatoms. The zero-order valence-corrected chi connectivity index (χ0v) is 9.98. The Morgan fingerprint density at radius 2 is 1.59 bits per heavy atom. The zero-order chi connectivity index (χ0) is 11.7. The minimum Gasteiger partial charge on any atom is -0.359 e. The van der Waals surface area contributed by atoms with Crippen molar-refractivity contribution in [2.24, 2.45) is 0 Å². The van der Waals surface area contributed by atoms with Gasteiger partial charge in [0, 0.05) is 5.69 Å². The molecule has 84 valence electrons. The molecule has 2 aromatic carbocycles. The molecule has 0 spiro atoms. The first-order valence-corrected chi connectivity index (χ1v) is 5.97. The molecule has 0 bridgehead atoms. The van der Waals surface area contributed by atoms with Gasteiger partial charge in [-0.25, -0.2) is 0 Å². The van der Waals surface area contributed by atoms with Crippen LogP contribution in [-0.2, 0) is 5.00 Å². The van der Waals surface area contributed by atoms with Crippen LogP contribution in [0.2, 0.25) is 0 Å². The van der Waals surface area contributed by atoms with Crippen molar-refractivity contribution in [3.05, 3.63) is 71.8 Å². The van der Waals surface area contributed by atoms with E-state index in [1.54, 1.807) is 0 Å². The molecule has 0 radical (unpaired) electrons. The van der Waals surface area contributed by atoms with E-state index in [0.717, 1.165) is 11.3 Å². The van der Waals surface area contributed by atoms with E-state index in [4.69, 9.17) is 11.6 Å². The number of alkyl halides is 1. The smallest absolute Gasteiger partial charge is 0.157 e. The van der Waals surface area contributed by atoms with Crippen LogP contribution in [0.4, 0.5) is 5.69 Å². The van der Waals surface area contributed by atoms with E-state index >= 15 is 0 Å². The number of hydrogen-bond acceptors (Lipinski definition) is 1. The van der Waals surface area contributed by atoms with E-state index in [-0.39, 0.29) is 0 Å². The fourth-order valence-corrected chi connectivity index (χ4v) is 2.34. The Kier molecular flexibility index (Phi) is 2.41. The van der Waals surface area contributed by atoms with Crippen molar-refractivity contribution in [2.75, 3.05) is 5.32 Å². The second-order valence-corrected chi connectivity index (χ2v) is 4.72. The third-order valence-electron chi connectivity index (χ3n) is 2.96. The molecule has 3 rings (SSSR count). The quantitative estimate of drug-likeness (QED) is 0.582. The van der Waals surface area contributed by atoms with Crippen molar-refractivity contribution in [3.8, 4) is 0 Å². The maximum Gasteiger partial charge on any atom is 0.157 e. The molecule has 17 heavy (non-hydrogen) atoms. The van der Waals surface area contributed by atoms with Gasteiger partial charge in [0.2, 0.25) is 0 Å². The molecule has 0 saturated heterocycles. The summed E-state index contributed by atoms with van der Waals surface area (Å²) in [5.41, 5.74) is 3.28. The summed E-state index contributed by atoms with van der Waals surface area (Å²) in [6.07, 6.45) is 4.05. The van der Waals surface area contributed by atoms with E-state index in [2.05, 4.69) is 17.5 Å². The highest BCUT2D eigenvalue weighted by Gasteiger charge is 2.29. The van der Waals surface area contributed by atoms with Crippen LogP contribution in [0.1, 0.15) is 11.1 Å². The molecule has 2 aromatic rings. The van der Waals surface area contributed by atoms with Gasteiger partial charge in [-0.05, 0) is 23.3 Å². The molecule has 1 heterocycles. The molecule has 1 aliphatic rings. The van der Waals surface area contributed by atoms with Crippen molar-refractivity contribution < 1.29 is 0 Å². The molecule has 1 aliphatic heterocycles. The maximum absolute atomic E-state index is 6.63. The molecule has 1 unspecified atom stereocenters. The Morgan fingerprint density at radius 1 is 0.882 bits per heavy atom. The number of hydrogen-bond donors (Lipinski definition) is 1. The van der Waals surface area contributed by atoms with Crippen LogP contribution in [0, 0.1) is 0 Å². The molecule has 1 nitrogen and oxygen atoms in total. The van der Waals surface area contributed by atoms with Gasteiger partial charge >= 0.3 is 0 Å². The molecule has 1 N–H and O–H groups in total. The van der Waals surface area contributed by atoms with E-state index in [1.165, 1.54) is 5.56 Å². The largest absolute Gasteiger partial charge is 0.359 e. The standard InChI is InChI=1S/C15H12ClN/c16-15(13-7-2-1-3-8-13)11-10-12-6-4-5-9-14(12)17-15/h1-11,17H. The van der Waals surface area contributed by atoms with Gasteiger partial charge in [0.05, 0.1) is 0 Å². The highest BCUT2D eigenvalue weighted by Crippen LogP contribution is 2.37. The molecule has 0 aliphatic carbocycles. The summed E-state index contributed by atoms with van der Waals surface area (Å²) in [6, 6.07) is 18.2. The van der Waals surface area contributed by atoms with Crippen molar-refractivity contribution in [1.29, 1.82) is 0 Å². The molecule has 0 fully saturated rings. The van der Waals surface area contributed by atoms with E-state index in [9.17, 15) is 0 Å². The minimum absolute atomic E-state index is 0.643. The predicted octanol–water partition coefficient (Wildman–Crippen LogP) is 4.22. The highest BCUT2D eigenvalue weighted by atomic mass is 35.5. The van der Waals surface area contributed by atoms with Crippen LogP contribution in [0.5, 0.6) is 0 Å². The lowest BCUT2D eigenvalue weighted by atomic mass is 9.99. The molecular weight excluding hydrogens is 230 g/mol. The topological polar surface area (TPSA) is 12.0 Å². The Morgan fingerprint density at radius 3 is 2.41 bits per heavy atom. The van der Waals surface area contributed by atoms with Gasteiger partial charge in [0.1, 0.15) is 0 Å². The van der Waals surface area contributed by atoms with Crippen LogP contribution in [0.3, 0.4) is 0 Å². The predicted molar refractivity (Wildman–Crippen MR) is 73.1 cm³/mol. The fraction of sp³-hybridized carbons (Fsp3) is 0.0667. The zero-order valence-electron chi connectivity index (χ0n) is 9.23. The van der Waals surface area contributed by atoms with Crippen LogP contribution < -0.4 is 5.32 Å². The van der Waals surface area contributed by atoms with Crippen molar-refractivity contribution in [2.45, 2.75) is 5.00 Å². The summed E-state index contributed by atoms with van der Waals surface area (Å²) in [5.74, 6) is 0. The molecule has 0 aromatic heterocycles. The fourth-order valence-electron chi connectivity index (χ4n) is 2.05. The van der Waals surface area contributed by atoms with Gasteiger partial charge < -0.3 is 5.32 Å². The van der Waals surface area contributed by atoms with Crippen LogP contribution >= 0.6 is 11.6 Å². The number of para-hydroxylation sites is 1. The summed E-state index contributed by atoms with van der Waals surface area (Å²) in [4.78, 5) is -0.643. The first-order chi connectivity index (χ1) is 8.28. The van der Waals surface area contributed by atoms with E-state index in [1.807, 2.05) is 54.6 Å². The van der Waals surface area contributed by atoms with Crippen LogP contribution in [-0.4, -0.2) is 0 Å². The van der Waals surface area contributed by atoms with Crippen LogP contribution in [0.15, 0.2) is 60.7 Å². The Hall–Kier alpha value is -1.73. The number of benzene rings is 2. The molecule has 0 amide bonds. The molecule has 0 saturated carbocycles. The van der Waals surface area contributed by atoms with Gasteiger partial charge in [0.15, 0.2) is 5.00 Å². The first-order valence-electron chi connectivity index (χ1n) is 5.59. The highest BCUT2D eigenvalue weighted by molar-refractivity contribution is 6.27. The summed E-state index contributed by atoms with van der Waals surface area (Å²) >= 11 is 6.63. The Bertz CT molecular complexity index is 562. The van der Waals surface area contributed by atoms with Gasteiger partial charge in [-0.15, -0.1) is 0 Å². The van der Waals surface area contributed by atoms with Crippen LogP contribution in [0.25, 0.3) is 6.08 Å². The average molecular weight is 242 g/mol. The number of halogens is 1. The lowest BCUT2D eigenvalue weighted by Crippen LogP contribution is -2.28. The molecular formula is C15H12ClN. The van der Waals surface area contributed by atoms with E-state index < -0.39 is 5.00 Å². The normalized spacial score (nSPS) is 21.7. The SMILES string of the molecule is ClC1(c2ccccc2)C=Cc2ccccc2N1. The summed E-state index contributed by atoms with van der Waals surface area (Å²) < 4.78 is 0. The van der Waals surface area contributed by atoms with Crippen molar-refractivity contribution in [3.63, 3.8) is 0 Å². The van der Waals surface area contributed by atoms with Crippen molar-refractivity contribution >= 4 is 23.4 Å². The average Bonchev–Trinajstić information content (AvgIpc) is 2.40. The maximum atomic E-state index is 6.63. The Balaban J connectivity index is 2.04. The van der Waals surface area contributed by atoms with E-state index in [0.29, 0.717) is 0 Å². The lowest BCUT2D eigenvalue weighted by molar-refractivity contribution is 0.878. The van der Waals surface area contributed by atoms with Gasteiger partial charge in [-0.1, -0.05) is 66.2 Å². The van der Waals surface area contributed by atoms with Crippen molar-refractivity contribution in [1.82, 2.24) is 0 Å². The van der Waals surface area contributed by atoms with Gasteiger partial charge in [-0.3, -0.25) is 0 Å². The number of fused-ring (bicyclic) bond motifs is 1. The lowest BCUT2D eigenvalue weighted by Gasteiger charge is -2.30. The van der Waals surface area contributed by atoms with Gasteiger partial charge in [0.25, 0.3) is 0 Å². The minimum atomic E-state index is -0.643. The summed E-state index contributed by atoms with van der Waals surface area (Å²) in [5, 5.41) is 3.37. The summed E-state index contributed by atoms with van der Waals surface area (Å²) in [7, 11) is 0. The number of nitrogens with one attached hydrogen (secondary N) is 1. The number of anilines is 1. The monoisotopic (exact) mass is 241 g/mol. The Labute approximate surface area is 106 Å². The number of rotatable bonds is 1. The third-order valence-corrected chi connectivity index (χ3v) is 3.40. The molecule has 1 atom stereocenters. The third kappa shape index (κ3) is 1.83. The second-order valence-electron chi connectivity index (χ2n) is 4.12. The summed E-state index contributed by atoms with van der Waals surface area (Å²) in [6.45, 7) is 0. The van der Waals surface area contributed by atoms with Gasteiger partial charge in [-0.2, -0.15) is 0 Å². The second kappa shape index (κ2) is 3.94. The first kappa shape index (κ1) is 10.4.